The quantitative estimate of drug-likeness (QED) is 0.868. The lowest BCUT2D eigenvalue weighted by atomic mass is 10.3. The lowest BCUT2D eigenvalue weighted by Gasteiger charge is -2.34. The molecule has 0 spiro atoms. The molecule has 3 heterocycles. The second-order valence-corrected chi connectivity index (χ2v) is 6.33. The van der Waals surface area contributed by atoms with Crippen molar-refractivity contribution in [2.24, 2.45) is 0 Å². The Bertz CT molecular complexity index is 539. The highest BCUT2D eigenvalue weighted by Gasteiger charge is 2.19. The Hall–Kier alpha value is -1.46. The van der Waals surface area contributed by atoms with Crippen LogP contribution in [-0.2, 0) is 6.54 Å². The van der Waals surface area contributed by atoms with Gasteiger partial charge >= 0.3 is 0 Å². The van der Waals surface area contributed by atoms with E-state index in [0.29, 0.717) is 0 Å². The summed E-state index contributed by atoms with van der Waals surface area (Å²) in [7, 11) is 0. The summed E-state index contributed by atoms with van der Waals surface area (Å²) in [5.74, 6) is 0.887. The molecule has 4 nitrogen and oxygen atoms in total. The van der Waals surface area contributed by atoms with Crippen LogP contribution in [0.5, 0.6) is 0 Å². The van der Waals surface area contributed by atoms with E-state index in [1.54, 1.807) is 0 Å². The lowest BCUT2D eigenvalue weighted by Crippen LogP contribution is -2.46. The minimum Gasteiger partial charge on any atom is -0.338 e. The van der Waals surface area contributed by atoms with Crippen molar-refractivity contribution < 1.29 is 0 Å². The fourth-order valence-corrected chi connectivity index (χ4v) is 3.32. The van der Waals surface area contributed by atoms with Crippen LogP contribution < -0.4 is 4.90 Å². The monoisotopic (exact) mass is 288 g/mol. The van der Waals surface area contributed by atoms with E-state index in [2.05, 4.69) is 37.3 Å². The number of thiophene rings is 1. The van der Waals surface area contributed by atoms with Crippen molar-refractivity contribution in [3.8, 4) is 0 Å². The maximum Gasteiger partial charge on any atom is 0.225 e. The predicted molar refractivity (Wildman–Crippen MR) is 83.3 cm³/mol. The van der Waals surface area contributed by atoms with Gasteiger partial charge in [0, 0.05) is 49.0 Å². The van der Waals surface area contributed by atoms with Gasteiger partial charge in [0.2, 0.25) is 5.95 Å². The van der Waals surface area contributed by atoms with Gasteiger partial charge in [-0.25, -0.2) is 9.97 Å². The highest BCUT2D eigenvalue weighted by molar-refractivity contribution is 7.09. The number of rotatable bonds is 3. The Morgan fingerprint density at radius 3 is 2.40 bits per heavy atom. The summed E-state index contributed by atoms with van der Waals surface area (Å²) in [6.07, 6.45) is 0. The zero-order valence-electron chi connectivity index (χ0n) is 12.0. The summed E-state index contributed by atoms with van der Waals surface area (Å²) in [6.45, 7) is 9.31. The van der Waals surface area contributed by atoms with E-state index in [4.69, 9.17) is 0 Å². The van der Waals surface area contributed by atoms with Gasteiger partial charge in [-0.05, 0) is 31.4 Å². The van der Waals surface area contributed by atoms with E-state index in [-0.39, 0.29) is 0 Å². The van der Waals surface area contributed by atoms with E-state index in [0.717, 1.165) is 50.1 Å². The molecule has 0 unspecified atom stereocenters. The van der Waals surface area contributed by atoms with Crippen LogP contribution in [-0.4, -0.2) is 41.0 Å². The van der Waals surface area contributed by atoms with Crippen molar-refractivity contribution in [2.45, 2.75) is 20.4 Å². The van der Waals surface area contributed by atoms with Crippen LogP contribution in [0, 0.1) is 13.8 Å². The minimum absolute atomic E-state index is 0.887. The maximum atomic E-state index is 4.56. The topological polar surface area (TPSA) is 32.3 Å². The molecule has 2 aromatic heterocycles. The van der Waals surface area contributed by atoms with Gasteiger partial charge in [0.1, 0.15) is 0 Å². The molecule has 0 aliphatic carbocycles. The molecule has 106 valence electrons. The molecule has 1 aliphatic heterocycles. The summed E-state index contributed by atoms with van der Waals surface area (Å²) in [5, 5.41) is 2.15. The second-order valence-electron chi connectivity index (χ2n) is 5.29. The summed E-state index contributed by atoms with van der Waals surface area (Å²) in [4.78, 5) is 15.4. The average molecular weight is 288 g/mol. The predicted octanol–water partition coefficient (Wildman–Crippen LogP) is 2.48. The molecule has 20 heavy (non-hydrogen) atoms. The first-order valence-corrected chi connectivity index (χ1v) is 7.90. The van der Waals surface area contributed by atoms with E-state index >= 15 is 0 Å². The number of nitrogens with zero attached hydrogens (tertiary/aromatic N) is 4. The number of anilines is 1. The van der Waals surface area contributed by atoms with Crippen LogP contribution in [0.25, 0.3) is 0 Å². The zero-order valence-corrected chi connectivity index (χ0v) is 12.9. The van der Waals surface area contributed by atoms with Crippen molar-refractivity contribution >= 4 is 17.3 Å². The molecule has 0 radical (unpaired) electrons. The average Bonchev–Trinajstić information content (AvgIpc) is 2.91. The molecular weight excluding hydrogens is 268 g/mol. The van der Waals surface area contributed by atoms with Gasteiger partial charge in [-0.2, -0.15) is 0 Å². The van der Waals surface area contributed by atoms with Crippen LogP contribution >= 0.6 is 11.3 Å². The molecule has 1 aliphatic rings. The van der Waals surface area contributed by atoms with Crippen LogP contribution in [0.2, 0.25) is 0 Å². The van der Waals surface area contributed by atoms with Gasteiger partial charge in [-0.1, -0.05) is 6.07 Å². The third kappa shape index (κ3) is 3.16. The van der Waals surface area contributed by atoms with Crippen molar-refractivity contribution in [1.82, 2.24) is 14.9 Å². The molecule has 0 N–H and O–H groups in total. The van der Waals surface area contributed by atoms with Gasteiger partial charge in [0.05, 0.1) is 0 Å². The zero-order chi connectivity index (χ0) is 13.9. The van der Waals surface area contributed by atoms with Gasteiger partial charge in [-0.15, -0.1) is 11.3 Å². The normalized spacial score (nSPS) is 16.6. The summed E-state index contributed by atoms with van der Waals surface area (Å²) >= 11 is 1.84. The Labute approximate surface area is 124 Å². The van der Waals surface area contributed by atoms with Gasteiger partial charge in [0.15, 0.2) is 0 Å². The van der Waals surface area contributed by atoms with Crippen molar-refractivity contribution in [3.63, 3.8) is 0 Å². The molecule has 3 rings (SSSR count). The standard InChI is InChI=1S/C15H20N4S/c1-12-10-13(2)17-15(16-12)19-7-5-18(6-8-19)11-14-4-3-9-20-14/h3-4,9-10H,5-8,11H2,1-2H3. The number of hydrogen-bond acceptors (Lipinski definition) is 5. The molecule has 0 saturated carbocycles. The number of aryl methyl sites for hydroxylation is 2. The molecule has 0 aromatic carbocycles. The van der Waals surface area contributed by atoms with Crippen LogP contribution in [0.1, 0.15) is 16.3 Å². The van der Waals surface area contributed by atoms with E-state index in [9.17, 15) is 0 Å². The molecule has 2 aromatic rings. The van der Waals surface area contributed by atoms with Gasteiger partial charge in [-0.3, -0.25) is 4.90 Å². The van der Waals surface area contributed by atoms with Gasteiger partial charge < -0.3 is 4.90 Å². The fraction of sp³-hybridized carbons (Fsp3) is 0.467. The van der Waals surface area contributed by atoms with Crippen molar-refractivity contribution in [3.05, 3.63) is 39.8 Å². The SMILES string of the molecule is Cc1cc(C)nc(N2CCN(Cc3cccs3)CC2)n1. The Balaban J connectivity index is 1.60. The highest BCUT2D eigenvalue weighted by Crippen LogP contribution is 2.16. The summed E-state index contributed by atoms with van der Waals surface area (Å²) in [5.41, 5.74) is 2.10. The van der Waals surface area contributed by atoms with E-state index in [1.807, 2.05) is 31.3 Å². The molecular formula is C15H20N4S. The third-order valence-electron chi connectivity index (χ3n) is 3.59. The van der Waals surface area contributed by atoms with Crippen LogP contribution in [0.3, 0.4) is 0 Å². The van der Waals surface area contributed by atoms with Crippen LogP contribution in [0.15, 0.2) is 23.6 Å². The first-order chi connectivity index (χ1) is 9.70. The number of aromatic nitrogens is 2. The Morgan fingerprint density at radius 2 is 1.80 bits per heavy atom. The molecule has 0 atom stereocenters. The molecule has 1 saturated heterocycles. The Morgan fingerprint density at radius 1 is 1.10 bits per heavy atom. The van der Waals surface area contributed by atoms with Crippen molar-refractivity contribution in [2.75, 3.05) is 31.1 Å². The molecule has 0 bridgehead atoms. The fourth-order valence-electron chi connectivity index (χ4n) is 2.58. The second kappa shape index (κ2) is 5.89. The summed E-state index contributed by atoms with van der Waals surface area (Å²) in [6, 6.07) is 6.36. The maximum absolute atomic E-state index is 4.56. The first kappa shape index (κ1) is 13.5. The van der Waals surface area contributed by atoms with E-state index < -0.39 is 0 Å². The molecule has 1 fully saturated rings. The highest BCUT2D eigenvalue weighted by atomic mass is 32.1. The third-order valence-corrected chi connectivity index (χ3v) is 4.45. The summed E-state index contributed by atoms with van der Waals surface area (Å²) < 4.78 is 0. The smallest absolute Gasteiger partial charge is 0.225 e. The van der Waals surface area contributed by atoms with Gasteiger partial charge in [0.25, 0.3) is 0 Å². The Kier molecular flexibility index (Phi) is 3.98. The van der Waals surface area contributed by atoms with Crippen LogP contribution in [0.4, 0.5) is 5.95 Å². The van der Waals surface area contributed by atoms with E-state index in [1.165, 1.54) is 4.88 Å². The molecule has 5 heteroatoms. The largest absolute Gasteiger partial charge is 0.338 e. The first-order valence-electron chi connectivity index (χ1n) is 7.03. The number of piperazine rings is 1. The molecule has 0 amide bonds. The minimum atomic E-state index is 0.887. The van der Waals surface area contributed by atoms with Crippen molar-refractivity contribution in [1.29, 1.82) is 0 Å². The lowest BCUT2D eigenvalue weighted by molar-refractivity contribution is 0.250. The number of hydrogen-bond donors (Lipinski definition) is 0.